The lowest BCUT2D eigenvalue weighted by Gasteiger charge is -2.17. The van der Waals surface area contributed by atoms with Crippen molar-refractivity contribution >= 4 is 39.3 Å². The average molecular weight is 379 g/mol. The largest absolute Gasteiger partial charge is 0.324 e. The Kier molecular flexibility index (Phi) is 6.49. The predicted octanol–water partition coefficient (Wildman–Crippen LogP) is 4.24. The maximum absolute atomic E-state index is 12.2. The second-order valence-corrected chi connectivity index (χ2v) is 6.71. The minimum Gasteiger partial charge on any atom is -0.324 e. The molecule has 0 atom stereocenters. The molecule has 22 heavy (non-hydrogen) atoms. The zero-order chi connectivity index (χ0) is 15.9. The summed E-state index contributed by atoms with van der Waals surface area (Å²) in [6, 6.07) is 15.9. The van der Waals surface area contributed by atoms with Crippen molar-refractivity contribution in [3.05, 3.63) is 58.6 Å². The third kappa shape index (κ3) is 4.87. The lowest BCUT2D eigenvalue weighted by atomic mass is 10.2. The van der Waals surface area contributed by atoms with Crippen LogP contribution in [0.2, 0.25) is 0 Å². The number of benzene rings is 2. The Morgan fingerprint density at radius 1 is 1.18 bits per heavy atom. The summed E-state index contributed by atoms with van der Waals surface area (Å²) in [5.41, 5.74) is 2.04. The molecular formula is C17H19BrN2OS. The molecule has 1 N–H and O–H groups in total. The summed E-state index contributed by atoms with van der Waals surface area (Å²) in [5, 5.41) is 2.98. The molecule has 0 fully saturated rings. The molecular weight excluding hydrogens is 360 g/mol. The van der Waals surface area contributed by atoms with Gasteiger partial charge in [-0.25, -0.2) is 0 Å². The maximum atomic E-state index is 12.2. The third-order valence-electron chi connectivity index (χ3n) is 3.19. The summed E-state index contributed by atoms with van der Waals surface area (Å²) in [7, 11) is 1.94. The zero-order valence-electron chi connectivity index (χ0n) is 12.7. The number of amides is 1. The molecule has 0 heterocycles. The standard InChI is InChI=1S/C17H19BrN2OS/c1-20(11-13-7-3-4-8-14(13)18)12-17(21)19-15-9-5-6-10-16(15)22-2/h3-10H,11-12H2,1-2H3,(H,19,21). The van der Waals surface area contributed by atoms with Crippen LogP contribution in [0.4, 0.5) is 5.69 Å². The second kappa shape index (κ2) is 8.36. The number of rotatable bonds is 6. The normalized spacial score (nSPS) is 10.7. The van der Waals surface area contributed by atoms with Gasteiger partial charge in [0.1, 0.15) is 0 Å². The van der Waals surface area contributed by atoms with Crippen LogP contribution in [0, 0.1) is 0 Å². The van der Waals surface area contributed by atoms with Crippen molar-refractivity contribution in [3.8, 4) is 0 Å². The van der Waals surface area contributed by atoms with Gasteiger partial charge in [0, 0.05) is 15.9 Å². The fourth-order valence-corrected chi connectivity index (χ4v) is 3.12. The monoisotopic (exact) mass is 378 g/mol. The van der Waals surface area contributed by atoms with Crippen molar-refractivity contribution in [1.82, 2.24) is 4.90 Å². The molecule has 0 bridgehead atoms. The van der Waals surface area contributed by atoms with E-state index < -0.39 is 0 Å². The molecule has 116 valence electrons. The minimum atomic E-state index is -0.00365. The van der Waals surface area contributed by atoms with Crippen LogP contribution in [-0.2, 0) is 11.3 Å². The van der Waals surface area contributed by atoms with Crippen LogP contribution in [0.15, 0.2) is 57.9 Å². The number of thioether (sulfide) groups is 1. The molecule has 2 rings (SSSR count). The van der Waals surface area contributed by atoms with E-state index >= 15 is 0 Å². The topological polar surface area (TPSA) is 32.3 Å². The molecule has 3 nitrogen and oxygen atoms in total. The van der Waals surface area contributed by atoms with E-state index in [1.54, 1.807) is 11.8 Å². The van der Waals surface area contributed by atoms with Crippen molar-refractivity contribution in [2.75, 3.05) is 25.2 Å². The van der Waals surface area contributed by atoms with Gasteiger partial charge in [-0.2, -0.15) is 0 Å². The summed E-state index contributed by atoms with van der Waals surface area (Å²) in [5.74, 6) is -0.00365. The quantitative estimate of drug-likeness (QED) is 0.762. The molecule has 2 aromatic carbocycles. The molecule has 0 spiro atoms. The molecule has 1 amide bonds. The van der Waals surface area contributed by atoms with E-state index in [4.69, 9.17) is 0 Å². The first-order valence-corrected chi connectivity index (χ1v) is 8.96. The molecule has 0 aromatic heterocycles. The van der Waals surface area contributed by atoms with Crippen molar-refractivity contribution in [2.24, 2.45) is 0 Å². The van der Waals surface area contributed by atoms with Crippen LogP contribution < -0.4 is 5.32 Å². The number of nitrogens with zero attached hydrogens (tertiary/aromatic N) is 1. The van der Waals surface area contributed by atoms with Gasteiger partial charge >= 0.3 is 0 Å². The van der Waals surface area contributed by atoms with Gasteiger partial charge in [-0.1, -0.05) is 46.3 Å². The Morgan fingerprint density at radius 3 is 2.59 bits per heavy atom. The van der Waals surface area contributed by atoms with Crippen molar-refractivity contribution < 1.29 is 4.79 Å². The molecule has 2 aromatic rings. The average Bonchev–Trinajstić information content (AvgIpc) is 2.50. The van der Waals surface area contributed by atoms with Gasteiger partial charge < -0.3 is 5.32 Å². The van der Waals surface area contributed by atoms with E-state index in [1.165, 1.54) is 5.56 Å². The number of para-hydroxylation sites is 1. The number of carbonyl (C=O) groups excluding carboxylic acids is 1. The number of likely N-dealkylation sites (N-methyl/N-ethyl adjacent to an activating group) is 1. The van der Waals surface area contributed by atoms with Crippen LogP contribution in [-0.4, -0.2) is 30.7 Å². The third-order valence-corrected chi connectivity index (χ3v) is 4.76. The fourth-order valence-electron chi connectivity index (χ4n) is 2.16. The van der Waals surface area contributed by atoms with E-state index in [1.807, 2.05) is 60.7 Å². The van der Waals surface area contributed by atoms with Crippen LogP contribution in [0.3, 0.4) is 0 Å². The molecule has 0 aliphatic heterocycles. The summed E-state index contributed by atoms with van der Waals surface area (Å²) in [6.07, 6.45) is 2.00. The lowest BCUT2D eigenvalue weighted by molar-refractivity contribution is -0.117. The molecule has 0 aliphatic rings. The molecule has 0 unspecified atom stereocenters. The first kappa shape index (κ1) is 17.1. The summed E-state index contributed by atoms with van der Waals surface area (Å²) >= 11 is 5.16. The molecule has 0 aliphatic carbocycles. The van der Waals surface area contributed by atoms with Gasteiger partial charge in [-0.3, -0.25) is 9.69 Å². The fraction of sp³-hybridized carbons (Fsp3) is 0.235. The Hall–Kier alpha value is -1.30. The zero-order valence-corrected chi connectivity index (χ0v) is 15.1. The van der Waals surface area contributed by atoms with Gasteiger partial charge in [0.05, 0.1) is 12.2 Å². The molecule has 5 heteroatoms. The Labute approximate surface area is 144 Å². The van der Waals surface area contributed by atoms with Crippen molar-refractivity contribution in [2.45, 2.75) is 11.4 Å². The number of nitrogens with one attached hydrogen (secondary N) is 1. The summed E-state index contributed by atoms with van der Waals surface area (Å²) in [4.78, 5) is 15.3. The van der Waals surface area contributed by atoms with Crippen LogP contribution in [0.1, 0.15) is 5.56 Å². The minimum absolute atomic E-state index is 0.00365. The predicted molar refractivity (Wildman–Crippen MR) is 97.3 cm³/mol. The van der Waals surface area contributed by atoms with Crippen LogP contribution in [0.25, 0.3) is 0 Å². The van der Waals surface area contributed by atoms with Gasteiger partial charge in [0.25, 0.3) is 0 Å². The highest BCUT2D eigenvalue weighted by molar-refractivity contribution is 9.10. The van der Waals surface area contributed by atoms with E-state index in [0.717, 1.165) is 21.6 Å². The maximum Gasteiger partial charge on any atom is 0.238 e. The SMILES string of the molecule is CSc1ccccc1NC(=O)CN(C)Cc1ccccc1Br. The number of carbonyl (C=O) groups is 1. The second-order valence-electron chi connectivity index (χ2n) is 5.01. The van der Waals surface area contributed by atoms with Gasteiger partial charge in [-0.15, -0.1) is 11.8 Å². The van der Waals surface area contributed by atoms with Gasteiger partial charge in [0.2, 0.25) is 5.91 Å². The number of hydrogen-bond donors (Lipinski definition) is 1. The Bertz CT molecular complexity index is 648. The van der Waals surface area contributed by atoms with Crippen molar-refractivity contribution in [1.29, 1.82) is 0 Å². The number of hydrogen-bond acceptors (Lipinski definition) is 3. The molecule has 0 saturated heterocycles. The number of halogens is 1. The van der Waals surface area contributed by atoms with Gasteiger partial charge in [0.15, 0.2) is 0 Å². The highest BCUT2D eigenvalue weighted by atomic mass is 79.9. The molecule has 0 radical (unpaired) electrons. The highest BCUT2D eigenvalue weighted by Gasteiger charge is 2.10. The number of anilines is 1. The first-order valence-electron chi connectivity index (χ1n) is 6.95. The van der Waals surface area contributed by atoms with E-state index in [-0.39, 0.29) is 5.91 Å². The van der Waals surface area contributed by atoms with Gasteiger partial charge in [-0.05, 0) is 37.1 Å². The van der Waals surface area contributed by atoms with Crippen LogP contribution >= 0.6 is 27.7 Å². The first-order chi connectivity index (χ1) is 10.6. The highest BCUT2D eigenvalue weighted by Crippen LogP contribution is 2.24. The summed E-state index contributed by atoms with van der Waals surface area (Å²) in [6.45, 7) is 1.07. The summed E-state index contributed by atoms with van der Waals surface area (Å²) < 4.78 is 1.06. The Balaban J connectivity index is 1.93. The molecule has 0 saturated carbocycles. The Morgan fingerprint density at radius 2 is 1.86 bits per heavy atom. The van der Waals surface area contributed by atoms with E-state index in [9.17, 15) is 4.79 Å². The lowest BCUT2D eigenvalue weighted by Crippen LogP contribution is -2.30. The van der Waals surface area contributed by atoms with Crippen LogP contribution in [0.5, 0.6) is 0 Å². The van der Waals surface area contributed by atoms with Crippen molar-refractivity contribution in [3.63, 3.8) is 0 Å². The smallest absolute Gasteiger partial charge is 0.238 e. The van der Waals surface area contributed by atoms with E-state index in [0.29, 0.717) is 6.54 Å². The van der Waals surface area contributed by atoms with E-state index in [2.05, 4.69) is 27.3 Å².